The lowest BCUT2D eigenvalue weighted by atomic mass is 9.99. The van der Waals surface area contributed by atoms with Gasteiger partial charge in [0.1, 0.15) is 5.82 Å². The van der Waals surface area contributed by atoms with Crippen LogP contribution in [0, 0.1) is 15.9 Å². The first-order valence-electron chi connectivity index (χ1n) is 5.79. The van der Waals surface area contributed by atoms with Crippen LogP contribution in [-0.4, -0.2) is 12.0 Å². The summed E-state index contributed by atoms with van der Waals surface area (Å²) in [6, 6.07) is 10.7. The maximum Gasteiger partial charge on any atom is 0.270 e. The van der Waals surface area contributed by atoms with Gasteiger partial charge >= 0.3 is 0 Å². The molecular weight excluding hydrogens is 247 g/mol. The van der Waals surface area contributed by atoms with E-state index >= 15 is 0 Å². The summed E-state index contributed by atoms with van der Waals surface area (Å²) in [6.07, 6.45) is 0. The molecule has 0 amide bonds. The molecule has 0 spiro atoms. The van der Waals surface area contributed by atoms with Gasteiger partial charge < -0.3 is 5.32 Å². The highest BCUT2D eigenvalue weighted by Gasteiger charge is 2.10. The van der Waals surface area contributed by atoms with Crippen molar-refractivity contribution in [2.75, 3.05) is 7.05 Å². The molecule has 0 radical (unpaired) electrons. The van der Waals surface area contributed by atoms with Crippen LogP contribution in [0.15, 0.2) is 42.5 Å². The summed E-state index contributed by atoms with van der Waals surface area (Å²) in [5, 5.41) is 13.8. The number of nitrogens with one attached hydrogen (secondary N) is 1. The second-order valence-electron chi connectivity index (χ2n) is 4.14. The maximum absolute atomic E-state index is 13.4. The van der Waals surface area contributed by atoms with Gasteiger partial charge in [-0.2, -0.15) is 0 Å². The van der Waals surface area contributed by atoms with E-state index in [4.69, 9.17) is 0 Å². The van der Waals surface area contributed by atoms with Crippen LogP contribution in [-0.2, 0) is 6.54 Å². The van der Waals surface area contributed by atoms with Crippen LogP contribution in [0.3, 0.4) is 0 Å². The lowest BCUT2D eigenvalue weighted by molar-refractivity contribution is -0.384. The van der Waals surface area contributed by atoms with E-state index in [0.717, 1.165) is 5.56 Å². The smallest absolute Gasteiger partial charge is 0.270 e. The van der Waals surface area contributed by atoms with Crippen molar-refractivity contribution >= 4 is 5.69 Å². The Hall–Kier alpha value is -2.27. The zero-order chi connectivity index (χ0) is 13.8. The SMILES string of the molecule is CNCc1ccc(F)cc1-c1cccc([N+](=O)[O-])c1. The molecule has 0 heterocycles. The number of nitro benzene ring substituents is 1. The molecule has 0 unspecified atom stereocenters. The third-order valence-corrected chi connectivity index (χ3v) is 2.81. The zero-order valence-corrected chi connectivity index (χ0v) is 10.4. The number of hydrogen-bond donors (Lipinski definition) is 1. The summed E-state index contributed by atoms with van der Waals surface area (Å²) in [5.41, 5.74) is 2.19. The Morgan fingerprint density at radius 2 is 2.05 bits per heavy atom. The highest BCUT2D eigenvalue weighted by atomic mass is 19.1. The molecule has 0 aromatic heterocycles. The van der Waals surface area contributed by atoms with Gasteiger partial charge in [-0.1, -0.05) is 18.2 Å². The van der Waals surface area contributed by atoms with Crippen molar-refractivity contribution in [2.24, 2.45) is 0 Å². The van der Waals surface area contributed by atoms with Gasteiger partial charge in [-0.05, 0) is 35.9 Å². The monoisotopic (exact) mass is 260 g/mol. The van der Waals surface area contributed by atoms with Gasteiger partial charge in [-0.3, -0.25) is 10.1 Å². The van der Waals surface area contributed by atoms with Crippen LogP contribution in [0.25, 0.3) is 11.1 Å². The first-order chi connectivity index (χ1) is 9.11. The highest BCUT2D eigenvalue weighted by molar-refractivity contribution is 5.69. The van der Waals surface area contributed by atoms with Gasteiger partial charge in [0.05, 0.1) is 4.92 Å². The van der Waals surface area contributed by atoms with Crippen molar-refractivity contribution in [3.05, 3.63) is 64.0 Å². The molecule has 1 N–H and O–H groups in total. The summed E-state index contributed by atoms with van der Waals surface area (Å²) in [4.78, 5) is 10.3. The van der Waals surface area contributed by atoms with E-state index < -0.39 is 4.92 Å². The predicted octanol–water partition coefficient (Wildman–Crippen LogP) is 3.12. The molecule has 0 saturated carbocycles. The van der Waals surface area contributed by atoms with Gasteiger partial charge in [0.25, 0.3) is 5.69 Å². The molecule has 0 fully saturated rings. The number of benzene rings is 2. The van der Waals surface area contributed by atoms with Crippen molar-refractivity contribution in [1.82, 2.24) is 5.32 Å². The Balaban J connectivity index is 2.53. The highest BCUT2D eigenvalue weighted by Crippen LogP contribution is 2.27. The molecule has 2 aromatic rings. The van der Waals surface area contributed by atoms with Gasteiger partial charge in [-0.15, -0.1) is 0 Å². The molecule has 0 atom stereocenters. The van der Waals surface area contributed by atoms with Crippen LogP contribution in [0.4, 0.5) is 10.1 Å². The second kappa shape index (κ2) is 5.58. The Morgan fingerprint density at radius 3 is 2.74 bits per heavy atom. The molecular formula is C14H13FN2O2. The van der Waals surface area contributed by atoms with Crippen LogP contribution < -0.4 is 5.32 Å². The molecule has 0 aliphatic carbocycles. The number of rotatable bonds is 4. The zero-order valence-electron chi connectivity index (χ0n) is 10.4. The van der Waals surface area contributed by atoms with E-state index in [1.807, 2.05) is 0 Å². The van der Waals surface area contributed by atoms with Crippen molar-refractivity contribution in [3.8, 4) is 11.1 Å². The molecule has 0 aliphatic heterocycles. The second-order valence-corrected chi connectivity index (χ2v) is 4.14. The fourth-order valence-corrected chi connectivity index (χ4v) is 1.95. The van der Waals surface area contributed by atoms with E-state index in [2.05, 4.69) is 5.32 Å². The van der Waals surface area contributed by atoms with Gasteiger partial charge in [-0.25, -0.2) is 4.39 Å². The van der Waals surface area contributed by atoms with Crippen molar-refractivity contribution in [1.29, 1.82) is 0 Å². The third-order valence-electron chi connectivity index (χ3n) is 2.81. The van der Waals surface area contributed by atoms with Gasteiger partial charge in [0, 0.05) is 18.7 Å². The minimum atomic E-state index is -0.458. The van der Waals surface area contributed by atoms with Crippen LogP contribution in [0.2, 0.25) is 0 Å². The van der Waals surface area contributed by atoms with Gasteiger partial charge in [0.15, 0.2) is 0 Å². The Morgan fingerprint density at radius 1 is 1.26 bits per heavy atom. The van der Waals surface area contributed by atoms with E-state index in [1.165, 1.54) is 24.3 Å². The van der Waals surface area contributed by atoms with Crippen molar-refractivity contribution in [2.45, 2.75) is 6.54 Å². The molecule has 0 aliphatic rings. The van der Waals surface area contributed by atoms with E-state index in [1.54, 1.807) is 25.2 Å². The lowest BCUT2D eigenvalue weighted by Gasteiger charge is -2.09. The average Bonchev–Trinajstić information content (AvgIpc) is 2.41. The predicted molar refractivity (Wildman–Crippen MR) is 71.3 cm³/mol. The Labute approximate surface area is 110 Å². The largest absolute Gasteiger partial charge is 0.316 e. The molecule has 19 heavy (non-hydrogen) atoms. The van der Waals surface area contributed by atoms with E-state index in [-0.39, 0.29) is 11.5 Å². The maximum atomic E-state index is 13.4. The average molecular weight is 260 g/mol. The van der Waals surface area contributed by atoms with E-state index in [0.29, 0.717) is 17.7 Å². The summed E-state index contributed by atoms with van der Waals surface area (Å²) >= 11 is 0. The quantitative estimate of drug-likeness (QED) is 0.678. The lowest BCUT2D eigenvalue weighted by Crippen LogP contribution is -2.06. The molecule has 0 saturated heterocycles. The van der Waals surface area contributed by atoms with Crippen LogP contribution in [0.1, 0.15) is 5.56 Å². The number of non-ortho nitro benzene ring substituents is 1. The number of halogens is 1. The molecule has 4 nitrogen and oxygen atoms in total. The van der Waals surface area contributed by atoms with Crippen LogP contribution >= 0.6 is 0 Å². The molecule has 98 valence electrons. The fourth-order valence-electron chi connectivity index (χ4n) is 1.95. The van der Waals surface area contributed by atoms with Crippen molar-refractivity contribution in [3.63, 3.8) is 0 Å². The van der Waals surface area contributed by atoms with Crippen molar-refractivity contribution < 1.29 is 9.31 Å². The summed E-state index contributed by atoms with van der Waals surface area (Å²) in [6.45, 7) is 0.568. The summed E-state index contributed by atoms with van der Waals surface area (Å²) < 4.78 is 13.4. The topological polar surface area (TPSA) is 55.2 Å². The van der Waals surface area contributed by atoms with E-state index in [9.17, 15) is 14.5 Å². The molecule has 2 rings (SSSR count). The minimum Gasteiger partial charge on any atom is -0.316 e. The molecule has 5 heteroatoms. The first kappa shape index (κ1) is 13.2. The Kier molecular flexibility index (Phi) is 3.87. The fraction of sp³-hybridized carbons (Fsp3) is 0.143. The standard InChI is InChI=1S/C14H13FN2O2/c1-16-9-11-5-6-12(15)8-14(11)10-3-2-4-13(7-10)17(18)19/h2-8,16H,9H2,1H3. The van der Waals surface area contributed by atoms with Gasteiger partial charge in [0.2, 0.25) is 0 Å². The molecule has 2 aromatic carbocycles. The summed E-state index contributed by atoms with van der Waals surface area (Å²) in [7, 11) is 1.79. The normalized spacial score (nSPS) is 10.4. The molecule has 0 bridgehead atoms. The minimum absolute atomic E-state index is 0.00262. The number of nitro groups is 1. The first-order valence-corrected chi connectivity index (χ1v) is 5.79. The van der Waals surface area contributed by atoms with Crippen LogP contribution in [0.5, 0.6) is 0 Å². The Bertz CT molecular complexity index is 614. The number of hydrogen-bond acceptors (Lipinski definition) is 3. The summed E-state index contributed by atoms with van der Waals surface area (Å²) in [5.74, 6) is -0.360. The third kappa shape index (κ3) is 2.95. The number of nitrogens with zero attached hydrogens (tertiary/aromatic N) is 1.